The molecule has 1 aromatic heterocycles. The van der Waals surface area contributed by atoms with Crippen molar-refractivity contribution in [2.45, 2.75) is 0 Å². The maximum atomic E-state index is 12.0. The summed E-state index contributed by atoms with van der Waals surface area (Å²) in [5, 5.41) is 22.2. The molecule has 0 saturated heterocycles. The average Bonchev–Trinajstić information content (AvgIpc) is 3.00. The van der Waals surface area contributed by atoms with Crippen LogP contribution in [-0.2, 0) is 0 Å². The van der Waals surface area contributed by atoms with Crippen LogP contribution in [0.25, 0.3) is 11.3 Å². The lowest BCUT2D eigenvalue weighted by Gasteiger charge is -2.06. The molecule has 1 heterocycles. The van der Waals surface area contributed by atoms with E-state index in [0.717, 1.165) is 0 Å². The minimum Gasteiger partial charge on any atom is -0.496 e. The van der Waals surface area contributed by atoms with Gasteiger partial charge in [0, 0.05) is 5.56 Å². The van der Waals surface area contributed by atoms with Crippen LogP contribution in [0.2, 0.25) is 0 Å². The third-order valence-corrected chi connectivity index (χ3v) is 3.39. The minimum absolute atomic E-state index is 0.156. The third-order valence-electron chi connectivity index (χ3n) is 3.39. The highest BCUT2D eigenvalue weighted by Crippen LogP contribution is 2.33. The van der Waals surface area contributed by atoms with Crippen molar-refractivity contribution in [3.63, 3.8) is 0 Å². The van der Waals surface area contributed by atoms with Crippen molar-refractivity contribution in [3.8, 4) is 23.1 Å². The van der Waals surface area contributed by atoms with Gasteiger partial charge in [-0.15, -0.1) is 5.11 Å². The monoisotopic (exact) mass is 319 g/mol. The smallest absolute Gasteiger partial charge is 0.292 e. The number of benzene rings is 2. The van der Waals surface area contributed by atoms with Gasteiger partial charge in [-0.1, -0.05) is 12.1 Å². The van der Waals surface area contributed by atoms with Gasteiger partial charge >= 0.3 is 0 Å². The van der Waals surface area contributed by atoms with Gasteiger partial charge in [-0.05, 0) is 36.4 Å². The summed E-state index contributed by atoms with van der Waals surface area (Å²) in [7, 11) is 1.56. The highest BCUT2D eigenvalue weighted by atomic mass is 16.5. The van der Waals surface area contributed by atoms with E-state index in [1.807, 2.05) is 24.3 Å². The van der Waals surface area contributed by atoms with Gasteiger partial charge in [-0.25, -0.2) is 0 Å². The Morgan fingerprint density at radius 2 is 1.79 bits per heavy atom. The molecule has 2 aromatic carbocycles. The molecule has 0 unspecified atom stereocenters. The number of ether oxygens (including phenoxy) is 1. The summed E-state index contributed by atoms with van der Waals surface area (Å²) in [4.78, 5) is 12.0. The first kappa shape index (κ1) is 15.2. The normalized spacial score (nSPS) is 10.7. The number of nitriles is 1. The molecule has 0 bridgehead atoms. The van der Waals surface area contributed by atoms with Gasteiger partial charge in [0.05, 0.1) is 30.1 Å². The molecule has 0 spiro atoms. The number of nitrogens with one attached hydrogen (secondary N) is 2. The Bertz CT molecular complexity index is 977. The quantitative estimate of drug-likeness (QED) is 0.716. The van der Waals surface area contributed by atoms with E-state index in [9.17, 15) is 4.79 Å². The highest BCUT2D eigenvalue weighted by Gasteiger charge is 2.15. The molecule has 0 aliphatic carbocycles. The van der Waals surface area contributed by atoms with E-state index >= 15 is 0 Å². The number of para-hydroxylation sites is 1. The molecular weight excluding hydrogens is 306 g/mol. The van der Waals surface area contributed by atoms with Crippen LogP contribution >= 0.6 is 0 Å². The van der Waals surface area contributed by atoms with Crippen LogP contribution < -0.4 is 10.3 Å². The molecule has 24 heavy (non-hydrogen) atoms. The number of aromatic nitrogens is 2. The summed E-state index contributed by atoms with van der Waals surface area (Å²) >= 11 is 0. The van der Waals surface area contributed by atoms with E-state index in [-0.39, 0.29) is 11.2 Å². The van der Waals surface area contributed by atoms with E-state index in [0.29, 0.717) is 28.3 Å². The zero-order valence-electron chi connectivity index (χ0n) is 12.8. The Morgan fingerprint density at radius 1 is 1.04 bits per heavy atom. The molecule has 7 heteroatoms. The molecule has 0 atom stereocenters. The zero-order chi connectivity index (χ0) is 16.9. The Morgan fingerprint density at radius 3 is 2.50 bits per heavy atom. The topological polar surface area (TPSA) is 106 Å². The molecule has 3 aromatic rings. The SMILES string of the molecule is COc1ccccc1-c1[nH][nH]c(=O)c1N=Nc1ccc(C#N)cc1. The van der Waals surface area contributed by atoms with E-state index < -0.39 is 0 Å². The van der Waals surface area contributed by atoms with Crippen molar-refractivity contribution in [1.82, 2.24) is 10.2 Å². The second kappa shape index (κ2) is 6.62. The molecule has 0 amide bonds. The van der Waals surface area contributed by atoms with Crippen LogP contribution in [-0.4, -0.2) is 17.3 Å². The minimum atomic E-state index is -0.381. The molecule has 118 valence electrons. The largest absolute Gasteiger partial charge is 0.496 e. The zero-order valence-corrected chi connectivity index (χ0v) is 12.8. The molecule has 3 rings (SSSR count). The van der Waals surface area contributed by atoms with Gasteiger partial charge in [0.1, 0.15) is 5.75 Å². The summed E-state index contributed by atoms with van der Waals surface area (Å²) in [6.07, 6.45) is 0. The number of nitrogens with zero attached hydrogens (tertiary/aromatic N) is 3. The number of rotatable bonds is 4. The fourth-order valence-corrected chi connectivity index (χ4v) is 2.20. The predicted molar refractivity (Wildman–Crippen MR) is 88.7 cm³/mol. The lowest BCUT2D eigenvalue weighted by molar-refractivity contribution is 0.416. The number of azo groups is 1. The second-order valence-corrected chi connectivity index (χ2v) is 4.86. The Kier molecular flexibility index (Phi) is 4.21. The van der Waals surface area contributed by atoms with Crippen LogP contribution in [0.1, 0.15) is 5.56 Å². The van der Waals surface area contributed by atoms with Crippen LogP contribution in [0, 0.1) is 11.3 Å². The number of H-pyrrole nitrogens is 2. The Balaban J connectivity index is 2.00. The highest BCUT2D eigenvalue weighted by molar-refractivity contribution is 5.76. The second-order valence-electron chi connectivity index (χ2n) is 4.86. The summed E-state index contributed by atoms with van der Waals surface area (Å²) < 4.78 is 5.31. The van der Waals surface area contributed by atoms with Gasteiger partial charge in [0.25, 0.3) is 5.56 Å². The Labute approximate surface area is 137 Å². The molecule has 0 fully saturated rings. The van der Waals surface area contributed by atoms with Crippen molar-refractivity contribution in [2.75, 3.05) is 7.11 Å². The summed E-state index contributed by atoms with van der Waals surface area (Å²) in [5.74, 6) is 0.613. The molecule has 0 radical (unpaired) electrons. The van der Waals surface area contributed by atoms with E-state index in [1.165, 1.54) is 0 Å². The lowest BCUT2D eigenvalue weighted by Crippen LogP contribution is -1.96. The van der Waals surface area contributed by atoms with Crippen LogP contribution in [0.4, 0.5) is 11.4 Å². The average molecular weight is 319 g/mol. The van der Waals surface area contributed by atoms with Crippen molar-refractivity contribution in [3.05, 3.63) is 64.4 Å². The summed E-state index contributed by atoms with van der Waals surface area (Å²) in [6.45, 7) is 0. The first-order chi connectivity index (χ1) is 11.7. The van der Waals surface area contributed by atoms with Gasteiger partial charge in [0.2, 0.25) is 0 Å². The maximum Gasteiger partial charge on any atom is 0.292 e. The lowest BCUT2D eigenvalue weighted by atomic mass is 10.1. The number of hydrogen-bond donors (Lipinski definition) is 2. The molecule has 0 saturated carbocycles. The number of methoxy groups -OCH3 is 1. The van der Waals surface area contributed by atoms with E-state index in [1.54, 1.807) is 37.4 Å². The van der Waals surface area contributed by atoms with Crippen LogP contribution in [0.5, 0.6) is 5.75 Å². The maximum absolute atomic E-state index is 12.0. The fourth-order valence-electron chi connectivity index (χ4n) is 2.20. The molecule has 0 aliphatic heterocycles. The number of hydrogen-bond acceptors (Lipinski definition) is 5. The standard InChI is InChI=1S/C17H13N5O2/c1-24-14-5-3-2-4-13(14)15-16(17(23)22-20-15)21-19-12-8-6-11(10-18)7-9-12/h2-9H,1H3,(H2,20,22,23). The molecular formula is C17H13N5O2. The number of aromatic amines is 2. The van der Waals surface area contributed by atoms with Gasteiger partial charge < -0.3 is 4.74 Å². The van der Waals surface area contributed by atoms with Gasteiger partial charge in [-0.2, -0.15) is 10.4 Å². The van der Waals surface area contributed by atoms with E-state index in [2.05, 4.69) is 20.4 Å². The Hall–Kier alpha value is -3.66. The van der Waals surface area contributed by atoms with Crippen molar-refractivity contribution < 1.29 is 4.74 Å². The first-order valence-electron chi connectivity index (χ1n) is 7.09. The van der Waals surface area contributed by atoms with Crippen molar-refractivity contribution in [1.29, 1.82) is 5.26 Å². The van der Waals surface area contributed by atoms with Crippen LogP contribution in [0.3, 0.4) is 0 Å². The predicted octanol–water partition coefficient (Wildman–Crippen LogP) is 3.67. The molecule has 7 nitrogen and oxygen atoms in total. The third kappa shape index (κ3) is 2.94. The van der Waals surface area contributed by atoms with Crippen molar-refractivity contribution in [2.24, 2.45) is 10.2 Å². The molecule has 0 aliphatic rings. The molecule has 2 N–H and O–H groups in total. The van der Waals surface area contributed by atoms with Gasteiger partial charge in [-0.3, -0.25) is 15.0 Å². The first-order valence-corrected chi connectivity index (χ1v) is 7.09. The summed E-state index contributed by atoms with van der Waals surface area (Å²) in [5.41, 5.74) is 2.04. The van der Waals surface area contributed by atoms with Crippen molar-refractivity contribution >= 4 is 11.4 Å². The van der Waals surface area contributed by atoms with Gasteiger partial charge in [0.15, 0.2) is 5.69 Å². The fraction of sp³-hybridized carbons (Fsp3) is 0.0588. The van der Waals surface area contributed by atoms with E-state index in [4.69, 9.17) is 10.00 Å². The van der Waals surface area contributed by atoms with Crippen LogP contribution in [0.15, 0.2) is 63.6 Å². The summed E-state index contributed by atoms with van der Waals surface area (Å²) in [6, 6.07) is 15.9.